The second kappa shape index (κ2) is 4.53. The molecule has 1 saturated heterocycles. The van der Waals surface area contributed by atoms with E-state index in [1.807, 2.05) is 28.8 Å². The van der Waals surface area contributed by atoms with E-state index in [2.05, 4.69) is 9.88 Å². The summed E-state index contributed by atoms with van der Waals surface area (Å²) in [6.07, 6.45) is 3.65. The Kier molecular flexibility index (Phi) is 2.97. The van der Waals surface area contributed by atoms with E-state index in [0.717, 1.165) is 29.9 Å². The van der Waals surface area contributed by atoms with E-state index < -0.39 is 0 Å². The number of anilines is 1. The van der Waals surface area contributed by atoms with Crippen LogP contribution in [-0.4, -0.2) is 22.1 Å². The van der Waals surface area contributed by atoms with Crippen molar-refractivity contribution in [2.75, 3.05) is 11.4 Å². The van der Waals surface area contributed by atoms with Crippen molar-refractivity contribution in [3.05, 3.63) is 34.6 Å². The quantitative estimate of drug-likeness (QED) is 0.741. The van der Waals surface area contributed by atoms with Gasteiger partial charge in [-0.1, -0.05) is 12.1 Å². The second-order valence-corrected chi connectivity index (χ2v) is 5.19. The molecule has 1 aromatic carbocycles. The Morgan fingerprint density at radius 2 is 2.05 bits per heavy atom. The van der Waals surface area contributed by atoms with Crippen LogP contribution in [0.15, 0.2) is 29.1 Å². The number of rotatable bonds is 0. The zero-order valence-electron chi connectivity index (χ0n) is 10.6. The molecule has 1 atom stereocenters. The molecule has 0 bridgehead atoms. The molecule has 100 valence electrons. The number of piperidine rings is 1. The lowest BCUT2D eigenvalue weighted by Gasteiger charge is -2.29. The summed E-state index contributed by atoms with van der Waals surface area (Å²) in [5.41, 5.74) is 0.935. The summed E-state index contributed by atoms with van der Waals surface area (Å²) < 4.78 is 1.86. The zero-order valence-corrected chi connectivity index (χ0v) is 11.4. The predicted octanol–water partition coefficient (Wildman–Crippen LogP) is 2.19. The number of nitrogens with zero attached hydrogens (tertiary/aromatic N) is 3. The Hall–Kier alpha value is -1.55. The van der Waals surface area contributed by atoms with Crippen LogP contribution in [0, 0.1) is 0 Å². The molecule has 0 N–H and O–H groups in total. The number of para-hydroxylation sites is 1. The molecule has 2 aromatic rings. The maximum absolute atomic E-state index is 12.5. The molecule has 1 aromatic heterocycles. The zero-order chi connectivity index (χ0) is 12.1. The SMILES string of the molecule is Cl.O=c1c2ccccc2nc2n1CC1CCCCN21. The molecule has 0 amide bonds. The highest BCUT2D eigenvalue weighted by atomic mass is 35.5. The first-order valence-electron chi connectivity index (χ1n) is 6.61. The number of halogens is 1. The lowest BCUT2D eigenvalue weighted by molar-refractivity contribution is 0.459. The molecule has 1 unspecified atom stereocenters. The Labute approximate surface area is 117 Å². The number of hydrogen-bond acceptors (Lipinski definition) is 3. The lowest BCUT2D eigenvalue weighted by Crippen LogP contribution is -2.36. The van der Waals surface area contributed by atoms with Crippen LogP contribution in [-0.2, 0) is 6.54 Å². The van der Waals surface area contributed by atoms with E-state index >= 15 is 0 Å². The van der Waals surface area contributed by atoms with Gasteiger partial charge in [0.15, 0.2) is 0 Å². The smallest absolute Gasteiger partial charge is 0.262 e. The Balaban J connectivity index is 0.00000110. The first-order chi connectivity index (χ1) is 8.84. The van der Waals surface area contributed by atoms with Crippen LogP contribution in [0.2, 0.25) is 0 Å². The van der Waals surface area contributed by atoms with Gasteiger partial charge in [-0.05, 0) is 31.4 Å². The van der Waals surface area contributed by atoms with Crippen LogP contribution >= 0.6 is 12.4 Å². The molecule has 1 fully saturated rings. The van der Waals surface area contributed by atoms with Crippen molar-refractivity contribution in [3.8, 4) is 0 Å². The fourth-order valence-corrected chi connectivity index (χ4v) is 3.20. The Morgan fingerprint density at radius 3 is 2.95 bits per heavy atom. The van der Waals surface area contributed by atoms with E-state index in [1.165, 1.54) is 19.3 Å². The van der Waals surface area contributed by atoms with Crippen LogP contribution in [0.1, 0.15) is 19.3 Å². The van der Waals surface area contributed by atoms with Gasteiger partial charge >= 0.3 is 0 Å². The van der Waals surface area contributed by atoms with E-state index in [4.69, 9.17) is 0 Å². The maximum Gasteiger partial charge on any atom is 0.262 e. The van der Waals surface area contributed by atoms with Gasteiger partial charge < -0.3 is 4.90 Å². The highest BCUT2D eigenvalue weighted by Gasteiger charge is 2.33. The maximum atomic E-state index is 12.5. The second-order valence-electron chi connectivity index (χ2n) is 5.19. The van der Waals surface area contributed by atoms with Crippen molar-refractivity contribution in [3.63, 3.8) is 0 Å². The number of benzene rings is 1. The fourth-order valence-electron chi connectivity index (χ4n) is 3.20. The van der Waals surface area contributed by atoms with E-state index in [-0.39, 0.29) is 18.0 Å². The molecule has 0 spiro atoms. The first kappa shape index (κ1) is 12.5. The Morgan fingerprint density at radius 1 is 1.21 bits per heavy atom. The molecule has 2 aliphatic rings. The van der Waals surface area contributed by atoms with Crippen molar-refractivity contribution < 1.29 is 0 Å². The summed E-state index contributed by atoms with van der Waals surface area (Å²) in [6, 6.07) is 8.12. The normalized spacial score (nSPS) is 20.8. The number of hydrogen-bond donors (Lipinski definition) is 0. The molecule has 19 heavy (non-hydrogen) atoms. The highest BCUT2D eigenvalue weighted by Crippen LogP contribution is 2.30. The van der Waals surface area contributed by atoms with E-state index in [0.29, 0.717) is 6.04 Å². The van der Waals surface area contributed by atoms with Crippen molar-refractivity contribution in [2.24, 2.45) is 0 Å². The average Bonchev–Trinajstić information content (AvgIpc) is 2.79. The third-order valence-electron chi connectivity index (χ3n) is 4.12. The van der Waals surface area contributed by atoms with Crippen LogP contribution in [0.5, 0.6) is 0 Å². The van der Waals surface area contributed by atoms with Crippen molar-refractivity contribution in [1.82, 2.24) is 9.55 Å². The average molecular weight is 278 g/mol. The van der Waals surface area contributed by atoms with Gasteiger partial charge in [-0.2, -0.15) is 0 Å². The largest absolute Gasteiger partial charge is 0.337 e. The van der Waals surface area contributed by atoms with Crippen molar-refractivity contribution in [2.45, 2.75) is 31.8 Å². The molecule has 4 nitrogen and oxygen atoms in total. The summed E-state index contributed by atoms with van der Waals surface area (Å²) in [4.78, 5) is 19.5. The minimum absolute atomic E-state index is 0. The third kappa shape index (κ3) is 1.74. The summed E-state index contributed by atoms with van der Waals surface area (Å²) >= 11 is 0. The molecule has 0 aliphatic carbocycles. The third-order valence-corrected chi connectivity index (χ3v) is 4.12. The van der Waals surface area contributed by atoms with E-state index in [1.54, 1.807) is 0 Å². The van der Waals surface area contributed by atoms with Gasteiger partial charge in [0.2, 0.25) is 5.95 Å². The first-order valence-corrected chi connectivity index (χ1v) is 6.61. The number of aromatic nitrogens is 2. The Bertz CT molecular complexity index is 682. The van der Waals surface area contributed by atoms with Gasteiger partial charge in [0.25, 0.3) is 5.56 Å². The molecule has 5 heteroatoms. The summed E-state index contributed by atoms with van der Waals surface area (Å²) in [5.74, 6) is 0.878. The highest BCUT2D eigenvalue weighted by molar-refractivity contribution is 5.85. The van der Waals surface area contributed by atoms with Gasteiger partial charge in [-0.25, -0.2) is 4.98 Å². The van der Waals surface area contributed by atoms with Gasteiger partial charge in [-0.15, -0.1) is 12.4 Å². The minimum Gasteiger partial charge on any atom is -0.337 e. The van der Waals surface area contributed by atoms with Gasteiger partial charge in [0, 0.05) is 19.1 Å². The van der Waals surface area contributed by atoms with Crippen LogP contribution in [0.4, 0.5) is 5.95 Å². The van der Waals surface area contributed by atoms with Crippen LogP contribution in [0.25, 0.3) is 10.9 Å². The summed E-state index contributed by atoms with van der Waals surface area (Å²) in [5, 5.41) is 0.737. The summed E-state index contributed by atoms with van der Waals surface area (Å²) in [6.45, 7) is 1.85. The topological polar surface area (TPSA) is 38.1 Å². The molecule has 0 radical (unpaired) electrons. The standard InChI is InChI=1S/C14H15N3O.ClH/c18-13-11-6-1-2-7-12(11)15-14-16-8-4-3-5-10(16)9-17(13)14;/h1-2,6-7,10H,3-5,8-9H2;1H. The predicted molar refractivity (Wildman–Crippen MR) is 78.2 cm³/mol. The van der Waals surface area contributed by atoms with Crippen molar-refractivity contribution in [1.29, 1.82) is 0 Å². The minimum atomic E-state index is 0. The fraction of sp³-hybridized carbons (Fsp3) is 0.429. The molecular formula is C14H16ClN3O. The lowest BCUT2D eigenvalue weighted by atomic mass is 10.0. The van der Waals surface area contributed by atoms with Crippen molar-refractivity contribution >= 4 is 29.3 Å². The van der Waals surface area contributed by atoms with Crippen LogP contribution < -0.4 is 10.5 Å². The number of fused-ring (bicyclic) bond motifs is 4. The van der Waals surface area contributed by atoms with Gasteiger partial charge in [0.05, 0.1) is 10.9 Å². The van der Waals surface area contributed by atoms with E-state index in [9.17, 15) is 4.79 Å². The molecule has 3 heterocycles. The van der Waals surface area contributed by atoms with Gasteiger partial charge in [0.1, 0.15) is 0 Å². The molecular weight excluding hydrogens is 262 g/mol. The molecule has 0 saturated carbocycles. The monoisotopic (exact) mass is 277 g/mol. The summed E-state index contributed by atoms with van der Waals surface area (Å²) in [7, 11) is 0. The van der Waals surface area contributed by atoms with Gasteiger partial charge in [-0.3, -0.25) is 9.36 Å². The molecule has 4 rings (SSSR count). The molecule has 2 aliphatic heterocycles. The van der Waals surface area contributed by atoms with Crippen LogP contribution in [0.3, 0.4) is 0 Å².